The van der Waals surface area contributed by atoms with E-state index in [9.17, 15) is 14.7 Å². The van der Waals surface area contributed by atoms with Crippen molar-refractivity contribution < 1.29 is 19.8 Å². The van der Waals surface area contributed by atoms with E-state index in [0.717, 1.165) is 19.3 Å². The van der Waals surface area contributed by atoms with Crippen LogP contribution in [0.3, 0.4) is 0 Å². The molecule has 0 spiro atoms. The Bertz CT molecular complexity index is 501. The molecule has 0 saturated heterocycles. The van der Waals surface area contributed by atoms with Gasteiger partial charge in [0.25, 0.3) is 0 Å². The summed E-state index contributed by atoms with van der Waals surface area (Å²) in [5.74, 6) is -0.535. The van der Waals surface area contributed by atoms with Crippen LogP contribution in [0, 0.1) is 23.2 Å². The molecule has 2 rings (SSSR count). The van der Waals surface area contributed by atoms with Crippen LogP contribution in [-0.2, 0) is 9.59 Å². The van der Waals surface area contributed by atoms with Crippen LogP contribution in [-0.4, -0.2) is 22.2 Å². The standard InChI is InChI=1S/2C12H20O2/c1-3-9-12(2,11(13)14)10-7-5-4-6-8-10;1-2-6-11(12(13)14)9-10-7-4-3-5-8-10/h3,10H,1,4-9H2,2H3,(H,13,14);2,10-11H,1,3-9H2,(H,13,14). The van der Waals surface area contributed by atoms with Crippen molar-refractivity contribution in [2.24, 2.45) is 23.2 Å². The number of aliphatic carboxylic acids is 2. The minimum absolute atomic E-state index is 0.199. The molecular formula is C24H40O4. The lowest BCUT2D eigenvalue weighted by Gasteiger charge is -2.35. The van der Waals surface area contributed by atoms with E-state index in [1.165, 1.54) is 51.4 Å². The van der Waals surface area contributed by atoms with Crippen molar-refractivity contribution in [1.82, 2.24) is 0 Å². The van der Waals surface area contributed by atoms with Crippen molar-refractivity contribution in [2.45, 2.75) is 90.4 Å². The Kier molecular flexibility index (Phi) is 11.2. The predicted octanol–water partition coefficient (Wildman–Crippen LogP) is 6.47. The molecule has 2 atom stereocenters. The minimum atomic E-state index is -0.663. The van der Waals surface area contributed by atoms with Crippen molar-refractivity contribution in [3.63, 3.8) is 0 Å². The highest BCUT2D eigenvalue weighted by molar-refractivity contribution is 5.74. The Hall–Kier alpha value is -1.58. The molecule has 2 fully saturated rings. The van der Waals surface area contributed by atoms with Gasteiger partial charge < -0.3 is 10.2 Å². The fourth-order valence-electron chi connectivity index (χ4n) is 4.79. The summed E-state index contributed by atoms with van der Waals surface area (Å²) >= 11 is 0. The Labute approximate surface area is 171 Å². The third-order valence-corrected chi connectivity index (χ3v) is 6.71. The quantitative estimate of drug-likeness (QED) is 0.441. The molecule has 2 saturated carbocycles. The topological polar surface area (TPSA) is 74.6 Å². The van der Waals surface area contributed by atoms with Gasteiger partial charge in [-0.15, -0.1) is 13.2 Å². The normalized spacial score (nSPS) is 21.5. The van der Waals surface area contributed by atoms with E-state index in [0.29, 0.717) is 24.7 Å². The first kappa shape index (κ1) is 24.5. The van der Waals surface area contributed by atoms with Crippen molar-refractivity contribution >= 4 is 11.9 Å². The molecule has 0 heterocycles. The van der Waals surface area contributed by atoms with Crippen LogP contribution < -0.4 is 0 Å². The first-order valence-corrected chi connectivity index (χ1v) is 11.0. The fraction of sp³-hybridized carbons (Fsp3) is 0.750. The molecule has 0 aromatic carbocycles. The molecule has 4 heteroatoms. The summed E-state index contributed by atoms with van der Waals surface area (Å²) in [6.45, 7) is 9.14. The van der Waals surface area contributed by atoms with Crippen LogP contribution in [0.2, 0.25) is 0 Å². The van der Waals surface area contributed by atoms with Gasteiger partial charge in [-0.25, -0.2) is 0 Å². The van der Waals surface area contributed by atoms with Crippen molar-refractivity contribution in [3.05, 3.63) is 25.3 Å². The van der Waals surface area contributed by atoms with Gasteiger partial charge in [-0.05, 0) is 50.9 Å². The van der Waals surface area contributed by atoms with Gasteiger partial charge in [0, 0.05) is 0 Å². The monoisotopic (exact) mass is 392 g/mol. The Balaban J connectivity index is 0.000000280. The third kappa shape index (κ3) is 7.81. The molecule has 0 aromatic heterocycles. The number of hydrogen-bond acceptors (Lipinski definition) is 2. The van der Waals surface area contributed by atoms with Crippen LogP contribution in [0.1, 0.15) is 90.4 Å². The zero-order chi connectivity index (χ0) is 21.0. The highest BCUT2D eigenvalue weighted by Gasteiger charge is 2.40. The zero-order valence-electron chi connectivity index (χ0n) is 17.7. The SMILES string of the molecule is C=CCC(C)(C(=O)O)C1CCCCC1.C=CCC(CC1CCCCC1)C(=O)O. The molecule has 0 bridgehead atoms. The van der Waals surface area contributed by atoms with Gasteiger partial charge in [-0.2, -0.15) is 0 Å². The molecule has 0 aliphatic heterocycles. The zero-order valence-corrected chi connectivity index (χ0v) is 17.7. The lowest BCUT2D eigenvalue weighted by Crippen LogP contribution is -2.36. The summed E-state index contributed by atoms with van der Waals surface area (Å²) in [4.78, 5) is 22.2. The summed E-state index contributed by atoms with van der Waals surface area (Å²) < 4.78 is 0. The number of carbonyl (C=O) groups is 2. The van der Waals surface area contributed by atoms with Gasteiger partial charge in [-0.1, -0.05) is 63.5 Å². The minimum Gasteiger partial charge on any atom is -0.481 e. The first-order valence-electron chi connectivity index (χ1n) is 11.0. The van der Waals surface area contributed by atoms with Gasteiger partial charge in [-0.3, -0.25) is 9.59 Å². The van der Waals surface area contributed by atoms with Gasteiger partial charge in [0.05, 0.1) is 11.3 Å². The van der Waals surface area contributed by atoms with Crippen molar-refractivity contribution in [2.75, 3.05) is 0 Å². The highest BCUT2D eigenvalue weighted by Crippen LogP contribution is 2.41. The largest absolute Gasteiger partial charge is 0.481 e. The number of hydrogen-bond donors (Lipinski definition) is 2. The number of carboxylic acids is 2. The van der Waals surface area contributed by atoms with E-state index in [-0.39, 0.29) is 5.92 Å². The highest BCUT2D eigenvalue weighted by atomic mass is 16.4. The summed E-state index contributed by atoms with van der Waals surface area (Å²) in [5, 5.41) is 18.3. The first-order chi connectivity index (χ1) is 13.3. The average molecular weight is 393 g/mol. The number of carboxylic acid groups (broad SMARTS) is 2. The maximum atomic E-state index is 11.3. The molecule has 0 aromatic rings. The van der Waals surface area contributed by atoms with E-state index in [1.807, 2.05) is 6.92 Å². The second-order valence-corrected chi connectivity index (χ2v) is 8.85. The number of allylic oxidation sites excluding steroid dienone is 2. The molecule has 2 aliphatic carbocycles. The van der Waals surface area contributed by atoms with Gasteiger partial charge in [0.1, 0.15) is 0 Å². The van der Waals surface area contributed by atoms with E-state index in [4.69, 9.17) is 5.11 Å². The van der Waals surface area contributed by atoms with E-state index in [1.54, 1.807) is 12.2 Å². The van der Waals surface area contributed by atoms with Crippen molar-refractivity contribution in [1.29, 1.82) is 0 Å². The lowest BCUT2D eigenvalue weighted by molar-refractivity contribution is -0.152. The second-order valence-electron chi connectivity index (χ2n) is 8.85. The molecule has 0 radical (unpaired) electrons. The maximum absolute atomic E-state index is 11.3. The van der Waals surface area contributed by atoms with Crippen LogP contribution in [0.5, 0.6) is 0 Å². The molecule has 2 aliphatic rings. The fourth-order valence-corrected chi connectivity index (χ4v) is 4.79. The molecule has 2 N–H and O–H groups in total. The van der Waals surface area contributed by atoms with E-state index in [2.05, 4.69) is 13.2 Å². The Morgan fingerprint density at radius 3 is 1.93 bits per heavy atom. The van der Waals surface area contributed by atoms with Gasteiger partial charge in [0.2, 0.25) is 0 Å². The van der Waals surface area contributed by atoms with Crippen LogP contribution in [0.15, 0.2) is 25.3 Å². The third-order valence-electron chi connectivity index (χ3n) is 6.71. The molecular weight excluding hydrogens is 352 g/mol. The molecule has 2 unspecified atom stereocenters. The van der Waals surface area contributed by atoms with E-state index >= 15 is 0 Å². The predicted molar refractivity (Wildman–Crippen MR) is 114 cm³/mol. The summed E-state index contributed by atoms with van der Waals surface area (Å²) in [5.41, 5.74) is -0.581. The smallest absolute Gasteiger partial charge is 0.309 e. The summed E-state index contributed by atoms with van der Waals surface area (Å²) in [7, 11) is 0. The molecule has 160 valence electrons. The summed E-state index contributed by atoms with van der Waals surface area (Å²) in [6.07, 6.45) is 17.6. The maximum Gasteiger partial charge on any atom is 0.309 e. The Morgan fingerprint density at radius 1 is 0.964 bits per heavy atom. The van der Waals surface area contributed by atoms with Gasteiger partial charge in [0.15, 0.2) is 0 Å². The van der Waals surface area contributed by atoms with Crippen LogP contribution >= 0.6 is 0 Å². The van der Waals surface area contributed by atoms with Crippen LogP contribution in [0.25, 0.3) is 0 Å². The van der Waals surface area contributed by atoms with Gasteiger partial charge >= 0.3 is 11.9 Å². The molecule has 0 amide bonds. The summed E-state index contributed by atoms with van der Waals surface area (Å²) in [6, 6.07) is 0. The number of rotatable bonds is 9. The van der Waals surface area contributed by atoms with Crippen molar-refractivity contribution in [3.8, 4) is 0 Å². The van der Waals surface area contributed by atoms with E-state index < -0.39 is 17.4 Å². The average Bonchev–Trinajstić information content (AvgIpc) is 2.69. The molecule has 28 heavy (non-hydrogen) atoms. The molecule has 4 nitrogen and oxygen atoms in total. The second kappa shape index (κ2) is 12.8. The van der Waals surface area contributed by atoms with Crippen LogP contribution in [0.4, 0.5) is 0 Å². The lowest BCUT2D eigenvalue weighted by atomic mass is 9.68. The Morgan fingerprint density at radius 2 is 1.50 bits per heavy atom.